The molecule has 6 nitrogen and oxygen atoms in total. The molecule has 1 heterocycles. The number of carbonyl (C=O) groups is 1. The zero-order chi connectivity index (χ0) is 21.5. The lowest BCUT2D eigenvalue weighted by molar-refractivity contribution is -0.116. The number of carbonyl (C=O) groups excluding carboxylic acids is 1. The topological polar surface area (TPSA) is 76.1 Å². The first-order chi connectivity index (χ1) is 14.4. The second kappa shape index (κ2) is 10.4. The van der Waals surface area contributed by atoms with Gasteiger partial charge in [0.2, 0.25) is 11.9 Å². The standard InChI is InChI=1S/C22H22BrClN4O2/c1-14-11-15(2)26-22(25-14)28-18-6-3-5-17(13-18)27-21(29)7-4-10-30-20-9-8-16(23)12-19(20)24/h3,5-6,8-9,11-13H,4,7,10H2,1-2H3,(H,27,29)(H,25,26,28). The Morgan fingerprint density at radius 1 is 1.07 bits per heavy atom. The van der Waals surface area contributed by atoms with Crippen LogP contribution < -0.4 is 15.4 Å². The highest BCUT2D eigenvalue weighted by atomic mass is 79.9. The number of ether oxygens (including phenoxy) is 1. The second-order valence-electron chi connectivity index (χ2n) is 6.76. The van der Waals surface area contributed by atoms with Crippen LogP contribution in [0.5, 0.6) is 5.75 Å². The van der Waals surface area contributed by atoms with Crippen molar-refractivity contribution in [3.05, 3.63) is 69.4 Å². The number of nitrogens with zero attached hydrogens (tertiary/aromatic N) is 2. The summed E-state index contributed by atoms with van der Waals surface area (Å²) in [6.45, 7) is 4.25. The van der Waals surface area contributed by atoms with Crippen LogP contribution in [0, 0.1) is 13.8 Å². The van der Waals surface area contributed by atoms with Gasteiger partial charge in [0.25, 0.3) is 0 Å². The van der Waals surface area contributed by atoms with E-state index in [-0.39, 0.29) is 5.91 Å². The van der Waals surface area contributed by atoms with Crippen molar-refractivity contribution in [1.29, 1.82) is 0 Å². The zero-order valence-corrected chi connectivity index (χ0v) is 19.0. The molecule has 0 aliphatic heterocycles. The van der Waals surface area contributed by atoms with Crippen LogP contribution in [0.2, 0.25) is 5.02 Å². The summed E-state index contributed by atoms with van der Waals surface area (Å²) in [6, 6.07) is 14.8. The Labute approximate surface area is 189 Å². The SMILES string of the molecule is Cc1cc(C)nc(Nc2cccc(NC(=O)CCCOc3ccc(Br)cc3Cl)c2)n1. The molecule has 3 aromatic rings. The summed E-state index contributed by atoms with van der Waals surface area (Å²) in [7, 11) is 0. The Hall–Kier alpha value is -2.64. The molecular weight excluding hydrogens is 468 g/mol. The Kier molecular flexibility index (Phi) is 7.65. The van der Waals surface area contributed by atoms with Gasteiger partial charge < -0.3 is 15.4 Å². The van der Waals surface area contributed by atoms with Gasteiger partial charge in [0.1, 0.15) is 5.75 Å². The number of rotatable bonds is 8. The lowest BCUT2D eigenvalue weighted by Gasteiger charge is -2.10. The molecule has 0 unspecified atom stereocenters. The Morgan fingerprint density at radius 2 is 1.80 bits per heavy atom. The predicted molar refractivity (Wildman–Crippen MR) is 124 cm³/mol. The molecule has 30 heavy (non-hydrogen) atoms. The van der Waals surface area contributed by atoms with Crippen LogP contribution in [0.15, 0.2) is 53.0 Å². The number of aromatic nitrogens is 2. The van der Waals surface area contributed by atoms with E-state index >= 15 is 0 Å². The Balaban J connectivity index is 1.48. The van der Waals surface area contributed by atoms with Crippen molar-refractivity contribution in [3.8, 4) is 5.75 Å². The molecule has 1 amide bonds. The van der Waals surface area contributed by atoms with Crippen LogP contribution in [0.3, 0.4) is 0 Å². The summed E-state index contributed by atoms with van der Waals surface area (Å²) >= 11 is 9.47. The Morgan fingerprint density at radius 3 is 2.53 bits per heavy atom. The first-order valence-corrected chi connectivity index (χ1v) is 10.6. The molecule has 8 heteroatoms. The largest absolute Gasteiger partial charge is 0.492 e. The summed E-state index contributed by atoms with van der Waals surface area (Å²) in [6.07, 6.45) is 0.915. The molecule has 0 saturated carbocycles. The molecule has 1 aromatic heterocycles. The van der Waals surface area contributed by atoms with Crippen molar-refractivity contribution in [2.75, 3.05) is 17.2 Å². The van der Waals surface area contributed by atoms with Crippen molar-refractivity contribution >= 4 is 50.8 Å². The van der Waals surface area contributed by atoms with Crippen LogP contribution in [-0.4, -0.2) is 22.5 Å². The van der Waals surface area contributed by atoms with Gasteiger partial charge in [0.15, 0.2) is 0 Å². The highest BCUT2D eigenvalue weighted by molar-refractivity contribution is 9.10. The lowest BCUT2D eigenvalue weighted by atomic mass is 10.2. The molecule has 3 rings (SSSR count). The maximum Gasteiger partial charge on any atom is 0.227 e. The van der Waals surface area contributed by atoms with Crippen LogP contribution >= 0.6 is 27.5 Å². The van der Waals surface area contributed by atoms with E-state index in [2.05, 4.69) is 36.5 Å². The summed E-state index contributed by atoms with van der Waals surface area (Å²) in [5.41, 5.74) is 3.28. The molecule has 0 spiro atoms. The van der Waals surface area contributed by atoms with Crippen molar-refractivity contribution in [2.24, 2.45) is 0 Å². The fraction of sp³-hybridized carbons (Fsp3) is 0.227. The van der Waals surface area contributed by atoms with E-state index in [4.69, 9.17) is 16.3 Å². The third kappa shape index (κ3) is 6.71. The number of aryl methyl sites for hydroxylation is 2. The minimum absolute atomic E-state index is 0.0831. The molecule has 0 fully saturated rings. The molecule has 0 aliphatic rings. The molecule has 0 aliphatic carbocycles. The van der Waals surface area contributed by atoms with Gasteiger partial charge in [-0.2, -0.15) is 0 Å². The van der Waals surface area contributed by atoms with Crippen LogP contribution in [0.25, 0.3) is 0 Å². The summed E-state index contributed by atoms with van der Waals surface area (Å²) in [5.74, 6) is 1.05. The molecule has 0 bridgehead atoms. The molecular formula is C22H22BrClN4O2. The molecule has 0 saturated heterocycles. The van der Waals surface area contributed by atoms with E-state index in [1.165, 1.54) is 0 Å². The molecule has 2 aromatic carbocycles. The van der Waals surface area contributed by atoms with Gasteiger partial charge >= 0.3 is 0 Å². The van der Waals surface area contributed by atoms with E-state index in [0.29, 0.717) is 41.9 Å². The minimum atomic E-state index is -0.0831. The van der Waals surface area contributed by atoms with Crippen molar-refractivity contribution in [1.82, 2.24) is 9.97 Å². The third-order valence-electron chi connectivity index (χ3n) is 4.08. The molecule has 0 atom stereocenters. The molecule has 156 valence electrons. The zero-order valence-electron chi connectivity index (χ0n) is 16.7. The molecule has 2 N–H and O–H groups in total. The van der Waals surface area contributed by atoms with Crippen molar-refractivity contribution in [2.45, 2.75) is 26.7 Å². The van der Waals surface area contributed by atoms with E-state index in [9.17, 15) is 4.79 Å². The van der Waals surface area contributed by atoms with Gasteiger partial charge in [-0.15, -0.1) is 0 Å². The first kappa shape index (κ1) is 22.1. The smallest absolute Gasteiger partial charge is 0.227 e. The lowest BCUT2D eigenvalue weighted by Crippen LogP contribution is -2.13. The molecule has 0 radical (unpaired) electrons. The maximum absolute atomic E-state index is 12.3. The number of benzene rings is 2. The number of anilines is 3. The van der Waals surface area contributed by atoms with E-state index in [0.717, 1.165) is 21.5 Å². The average Bonchev–Trinajstić information content (AvgIpc) is 2.66. The van der Waals surface area contributed by atoms with E-state index in [1.54, 1.807) is 12.1 Å². The summed E-state index contributed by atoms with van der Waals surface area (Å²) < 4.78 is 6.53. The van der Waals surface area contributed by atoms with Gasteiger partial charge in [0, 0.05) is 33.7 Å². The number of nitrogens with one attached hydrogen (secondary N) is 2. The first-order valence-electron chi connectivity index (χ1n) is 9.46. The van der Waals surface area contributed by atoms with Gasteiger partial charge in [-0.1, -0.05) is 33.6 Å². The monoisotopic (exact) mass is 488 g/mol. The Bertz CT molecular complexity index is 1030. The van der Waals surface area contributed by atoms with Gasteiger partial charge in [-0.05, 0) is 62.7 Å². The van der Waals surface area contributed by atoms with Crippen molar-refractivity contribution < 1.29 is 9.53 Å². The predicted octanol–water partition coefficient (Wildman–Crippen LogP) is 6.05. The fourth-order valence-corrected chi connectivity index (χ4v) is 3.54. The highest BCUT2D eigenvalue weighted by Gasteiger charge is 2.06. The summed E-state index contributed by atoms with van der Waals surface area (Å²) in [4.78, 5) is 21.0. The minimum Gasteiger partial charge on any atom is -0.492 e. The van der Waals surface area contributed by atoms with Crippen LogP contribution in [0.4, 0.5) is 17.3 Å². The summed E-state index contributed by atoms with van der Waals surface area (Å²) in [5, 5.41) is 6.60. The quantitative estimate of drug-likeness (QED) is 0.377. The number of amides is 1. The number of hydrogen-bond donors (Lipinski definition) is 2. The van der Waals surface area contributed by atoms with Gasteiger partial charge in [0.05, 0.1) is 11.6 Å². The van der Waals surface area contributed by atoms with Crippen LogP contribution in [-0.2, 0) is 4.79 Å². The van der Waals surface area contributed by atoms with E-state index < -0.39 is 0 Å². The van der Waals surface area contributed by atoms with E-state index in [1.807, 2.05) is 50.2 Å². The number of hydrogen-bond acceptors (Lipinski definition) is 5. The van der Waals surface area contributed by atoms with Gasteiger partial charge in [-0.25, -0.2) is 9.97 Å². The van der Waals surface area contributed by atoms with Crippen molar-refractivity contribution in [3.63, 3.8) is 0 Å². The normalized spacial score (nSPS) is 10.5. The fourth-order valence-electron chi connectivity index (χ4n) is 2.82. The third-order valence-corrected chi connectivity index (χ3v) is 4.87. The van der Waals surface area contributed by atoms with Crippen LogP contribution in [0.1, 0.15) is 24.2 Å². The maximum atomic E-state index is 12.3. The second-order valence-corrected chi connectivity index (χ2v) is 8.08. The van der Waals surface area contributed by atoms with Gasteiger partial charge in [-0.3, -0.25) is 4.79 Å². The highest BCUT2D eigenvalue weighted by Crippen LogP contribution is 2.27. The average molecular weight is 490 g/mol. The number of halogens is 2.